The van der Waals surface area contributed by atoms with Gasteiger partial charge in [-0.15, -0.1) is 0 Å². The molecule has 0 spiro atoms. The summed E-state index contributed by atoms with van der Waals surface area (Å²) in [4.78, 5) is 39.1. The third-order valence-electron chi connectivity index (χ3n) is 3.89. The molecule has 3 rings (SSSR count). The van der Waals surface area contributed by atoms with Gasteiger partial charge in [0.2, 0.25) is 17.7 Å². The first-order valence-corrected chi connectivity index (χ1v) is 8.33. The van der Waals surface area contributed by atoms with Crippen LogP contribution in [0.5, 0.6) is 0 Å². The van der Waals surface area contributed by atoms with Crippen LogP contribution in [0, 0.1) is 0 Å². The van der Waals surface area contributed by atoms with E-state index in [0.717, 1.165) is 5.56 Å². The standard InChI is InChI=1S/C17H19N5O4/c23-14-7-6-12(19-17(25)21-14)16(24)18-9-8-15-20-13(22-26-15)10-11-4-2-1-3-5-11/h1-5,12H,6-10H2,(H,18,24)(H2,19,21,23,25). The summed E-state index contributed by atoms with van der Waals surface area (Å²) in [6, 6.07) is 8.40. The van der Waals surface area contributed by atoms with E-state index in [9.17, 15) is 14.4 Å². The smallest absolute Gasteiger partial charge is 0.322 e. The zero-order valence-corrected chi connectivity index (χ0v) is 14.0. The quantitative estimate of drug-likeness (QED) is 0.683. The second kappa shape index (κ2) is 8.24. The fourth-order valence-electron chi connectivity index (χ4n) is 2.59. The molecule has 0 bridgehead atoms. The van der Waals surface area contributed by atoms with Gasteiger partial charge in [-0.1, -0.05) is 35.5 Å². The summed E-state index contributed by atoms with van der Waals surface area (Å²) in [5.41, 5.74) is 1.08. The van der Waals surface area contributed by atoms with Crippen molar-refractivity contribution in [2.24, 2.45) is 0 Å². The number of carbonyl (C=O) groups is 3. The van der Waals surface area contributed by atoms with Gasteiger partial charge in [0.15, 0.2) is 5.82 Å². The lowest BCUT2D eigenvalue weighted by Gasteiger charge is -2.14. The number of imide groups is 1. The van der Waals surface area contributed by atoms with Crippen LogP contribution >= 0.6 is 0 Å². The molecule has 2 heterocycles. The second-order valence-corrected chi connectivity index (χ2v) is 5.92. The van der Waals surface area contributed by atoms with Gasteiger partial charge in [-0.2, -0.15) is 4.98 Å². The van der Waals surface area contributed by atoms with Crippen molar-refractivity contribution >= 4 is 17.8 Å². The summed E-state index contributed by atoms with van der Waals surface area (Å²) >= 11 is 0. The molecule has 0 radical (unpaired) electrons. The van der Waals surface area contributed by atoms with E-state index in [1.165, 1.54) is 0 Å². The minimum absolute atomic E-state index is 0.114. The van der Waals surface area contributed by atoms with Crippen LogP contribution in [-0.2, 0) is 22.4 Å². The van der Waals surface area contributed by atoms with Crippen LogP contribution in [0.4, 0.5) is 4.79 Å². The maximum atomic E-state index is 12.1. The zero-order valence-electron chi connectivity index (χ0n) is 14.0. The van der Waals surface area contributed by atoms with Gasteiger partial charge in [0.1, 0.15) is 6.04 Å². The van der Waals surface area contributed by atoms with E-state index in [1.54, 1.807) is 0 Å². The summed E-state index contributed by atoms with van der Waals surface area (Å²) < 4.78 is 5.18. The van der Waals surface area contributed by atoms with Gasteiger partial charge in [0, 0.05) is 25.8 Å². The molecule has 26 heavy (non-hydrogen) atoms. The third kappa shape index (κ3) is 4.88. The van der Waals surface area contributed by atoms with E-state index in [1.807, 2.05) is 30.3 Å². The number of nitrogens with zero attached hydrogens (tertiary/aromatic N) is 2. The molecule has 1 fully saturated rings. The van der Waals surface area contributed by atoms with E-state index in [0.29, 0.717) is 31.1 Å². The van der Waals surface area contributed by atoms with Crippen molar-refractivity contribution in [1.29, 1.82) is 0 Å². The van der Waals surface area contributed by atoms with Gasteiger partial charge in [0.25, 0.3) is 0 Å². The minimum atomic E-state index is -0.738. The van der Waals surface area contributed by atoms with Crippen molar-refractivity contribution in [2.75, 3.05) is 6.54 Å². The number of urea groups is 1. The van der Waals surface area contributed by atoms with Crippen molar-refractivity contribution < 1.29 is 18.9 Å². The summed E-state index contributed by atoms with van der Waals surface area (Å²) in [6.07, 6.45) is 1.33. The number of hydrogen-bond acceptors (Lipinski definition) is 6. The van der Waals surface area contributed by atoms with Crippen LogP contribution in [0.1, 0.15) is 30.1 Å². The average molecular weight is 357 g/mol. The molecule has 1 atom stereocenters. The Morgan fingerprint density at radius 1 is 1.27 bits per heavy atom. The molecule has 9 nitrogen and oxygen atoms in total. The largest absolute Gasteiger partial charge is 0.354 e. The van der Waals surface area contributed by atoms with E-state index < -0.39 is 18.0 Å². The summed E-state index contributed by atoms with van der Waals surface area (Å²) in [5.74, 6) is 0.268. The van der Waals surface area contributed by atoms with E-state index >= 15 is 0 Å². The lowest BCUT2D eigenvalue weighted by molar-refractivity contribution is -0.123. The lowest BCUT2D eigenvalue weighted by Crippen LogP contribution is -2.48. The van der Waals surface area contributed by atoms with E-state index in [-0.39, 0.29) is 18.7 Å². The van der Waals surface area contributed by atoms with Gasteiger partial charge >= 0.3 is 6.03 Å². The highest BCUT2D eigenvalue weighted by Crippen LogP contribution is 2.07. The Kier molecular flexibility index (Phi) is 5.57. The highest BCUT2D eigenvalue weighted by Gasteiger charge is 2.25. The number of nitrogens with one attached hydrogen (secondary N) is 3. The Morgan fingerprint density at radius 3 is 2.88 bits per heavy atom. The molecule has 1 aliphatic heterocycles. The van der Waals surface area contributed by atoms with E-state index in [2.05, 4.69) is 26.1 Å². The molecule has 136 valence electrons. The SMILES string of the molecule is O=C1CCC(C(=O)NCCc2nc(Cc3ccccc3)no2)NC(=O)N1. The minimum Gasteiger partial charge on any atom is -0.354 e. The maximum Gasteiger partial charge on any atom is 0.322 e. The van der Waals surface area contributed by atoms with Crippen molar-refractivity contribution in [2.45, 2.75) is 31.7 Å². The second-order valence-electron chi connectivity index (χ2n) is 5.92. The Balaban J connectivity index is 1.45. The highest BCUT2D eigenvalue weighted by molar-refractivity contribution is 5.98. The predicted molar refractivity (Wildman–Crippen MR) is 90.0 cm³/mol. The van der Waals surface area contributed by atoms with Crippen molar-refractivity contribution in [3.05, 3.63) is 47.6 Å². The molecule has 1 aliphatic rings. The fraction of sp³-hybridized carbons (Fsp3) is 0.353. The highest BCUT2D eigenvalue weighted by atomic mass is 16.5. The van der Waals surface area contributed by atoms with E-state index in [4.69, 9.17) is 4.52 Å². The van der Waals surface area contributed by atoms with Gasteiger partial charge in [-0.05, 0) is 12.0 Å². The van der Waals surface area contributed by atoms with Crippen molar-refractivity contribution in [3.8, 4) is 0 Å². The molecule has 2 aromatic rings. The van der Waals surface area contributed by atoms with Gasteiger partial charge in [-0.25, -0.2) is 4.79 Å². The molecule has 1 saturated heterocycles. The van der Waals surface area contributed by atoms with Gasteiger partial charge < -0.3 is 15.2 Å². The Bertz CT molecular complexity index is 789. The lowest BCUT2D eigenvalue weighted by atomic mass is 10.1. The zero-order chi connectivity index (χ0) is 18.4. The van der Waals surface area contributed by atoms with Crippen LogP contribution in [-0.4, -0.2) is 40.6 Å². The normalized spacial score (nSPS) is 17.2. The van der Waals surface area contributed by atoms with Crippen LogP contribution in [0.25, 0.3) is 0 Å². The monoisotopic (exact) mass is 357 g/mol. The van der Waals surface area contributed by atoms with Crippen LogP contribution in [0.3, 0.4) is 0 Å². The number of benzene rings is 1. The number of carbonyl (C=O) groups excluding carboxylic acids is 3. The van der Waals surface area contributed by atoms with Crippen molar-refractivity contribution in [3.63, 3.8) is 0 Å². The summed E-state index contributed by atoms with van der Waals surface area (Å²) in [6.45, 7) is 0.291. The van der Waals surface area contributed by atoms with Crippen LogP contribution in [0.2, 0.25) is 0 Å². The maximum absolute atomic E-state index is 12.1. The van der Waals surface area contributed by atoms with Crippen molar-refractivity contribution in [1.82, 2.24) is 26.1 Å². The molecule has 4 amide bonds. The third-order valence-corrected chi connectivity index (χ3v) is 3.89. The summed E-state index contributed by atoms with van der Waals surface area (Å²) in [7, 11) is 0. The Morgan fingerprint density at radius 2 is 2.08 bits per heavy atom. The Hall–Kier alpha value is -3.23. The Labute approximate surface area is 149 Å². The van der Waals surface area contributed by atoms with Gasteiger partial charge in [0.05, 0.1) is 0 Å². The average Bonchev–Trinajstić information content (AvgIpc) is 2.98. The first-order valence-electron chi connectivity index (χ1n) is 8.33. The fourth-order valence-corrected chi connectivity index (χ4v) is 2.59. The van der Waals surface area contributed by atoms with Gasteiger partial charge in [-0.3, -0.25) is 14.9 Å². The molecule has 1 aromatic carbocycles. The molecular formula is C17H19N5O4. The molecule has 0 aliphatic carbocycles. The molecule has 3 N–H and O–H groups in total. The molecule has 1 aromatic heterocycles. The van der Waals surface area contributed by atoms with Crippen LogP contribution in [0.15, 0.2) is 34.9 Å². The topological polar surface area (TPSA) is 126 Å². The van der Waals surface area contributed by atoms with Crippen LogP contribution < -0.4 is 16.0 Å². The number of rotatable bonds is 6. The predicted octanol–water partition coefficient (Wildman–Crippen LogP) is 0.307. The molecule has 9 heteroatoms. The number of hydrogen-bond donors (Lipinski definition) is 3. The number of amides is 4. The molecule has 1 unspecified atom stereocenters. The summed E-state index contributed by atoms with van der Waals surface area (Å²) in [5, 5.41) is 11.2. The first-order chi connectivity index (χ1) is 12.6. The number of aromatic nitrogens is 2. The first kappa shape index (κ1) is 17.6. The molecular weight excluding hydrogens is 338 g/mol. The molecule has 0 saturated carbocycles.